The molecule has 1 aliphatic rings. The molecule has 112 valence electrons. The van der Waals surface area contributed by atoms with Crippen LogP contribution in [-0.2, 0) is 10.0 Å². The van der Waals surface area contributed by atoms with Crippen molar-refractivity contribution in [3.05, 3.63) is 14.7 Å². The quantitative estimate of drug-likeness (QED) is 0.822. The molecule has 2 atom stereocenters. The number of aliphatic hydroxyl groups excluding tert-OH is 1. The van der Waals surface area contributed by atoms with E-state index in [9.17, 15) is 18.3 Å². The topological polar surface area (TPSA) is 94.9 Å². The van der Waals surface area contributed by atoms with Crippen molar-refractivity contribution in [2.45, 2.75) is 24.3 Å². The molecule has 0 saturated carbocycles. The average Bonchev–Trinajstić information content (AvgIpc) is 2.92. The van der Waals surface area contributed by atoms with E-state index >= 15 is 0 Å². The number of hydrogen-bond donors (Lipinski definition) is 2. The van der Waals surface area contributed by atoms with E-state index in [4.69, 9.17) is 5.11 Å². The van der Waals surface area contributed by atoms with E-state index in [1.807, 2.05) is 6.92 Å². The Morgan fingerprint density at radius 2 is 2.25 bits per heavy atom. The van der Waals surface area contributed by atoms with E-state index in [-0.39, 0.29) is 26.1 Å². The van der Waals surface area contributed by atoms with Crippen LogP contribution in [0.3, 0.4) is 0 Å². The van der Waals surface area contributed by atoms with E-state index in [0.717, 1.165) is 17.4 Å². The molecule has 1 aliphatic heterocycles. The fourth-order valence-electron chi connectivity index (χ4n) is 2.30. The molecule has 1 fully saturated rings. The van der Waals surface area contributed by atoms with E-state index in [0.29, 0.717) is 13.0 Å². The number of carboxylic acid groups (broad SMARTS) is 1. The molecule has 6 nitrogen and oxygen atoms in total. The van der Waals surface area contributed by atoms with Gasteiger partial charge in [-0.1, -0.05) is 6.92 Å². The summed E-state index contributed by atoms with van der Waals surface area (Å²) in [5, 5.41) is 18.3. The molecule has 0 bridgehead atoms. The SMILES string of the molecule is CC1CCN(S(=O)(=O)c2cc(C(=O)O)sc2Br)C1CO. The number of sulfonamides is 1. The predicted molar refractivity (Wildman–Crippen MR) is 77.5 cm³/mol. The summed E-state index contributed by atoms with van der Waals surface area (Å²) in [5.41, 5.74) is 0. The molecular formula is C11H14BrNO5S2. The Labute approximate surface area is 129 Å². The lowest BCUT2D eigenvalue weighted by Gasteiger charge is -2.24. The number of carboxylic acids is 1. The fraction of sp³-hybridized carbons (Fsp3) is 0.545. The zero-order valence-corrected chi connectivity index (χ0v) is 13.8. The molecule has 0 aliphatic carbocycles. The maximum Gasteiger partial charge on any atom is 0.345 e. The van der Waals surface area contributed by atoms with E-state index < -0.39 is 22.0 Å². The van der Waals surface area contributed by atoms with Gasteiger partial charge in [-0.05, 0) is 34.3 Å². The van der Waals surface area contributed by atoms with Gasteiger partial charge in [0, 0.05) is 6.54 Å². The lowest BCUT2D eigenvalue weighted by Crippen LogP contribution is -2.39. The Morgan fingerprint density at radius 3 is 2.75 bits per heavy atom. The van der Waals surface area contributed by atoms with Crippen LogP contribution in [0.5, 0.6) is 0 Å². The highest BCUT2D eigenvalue weighted by molar-refractivity contribution is 9.11. The van der Waals surface area contributed by atoms with Gasteiger partial charge in [0.2, 0.25) is 10.0 Å². The van der Waals surface area contributed by atoms with Crippen LogP contribution in [0.2, 0.25) is 0 Å². The molecular weight excluding hydrogens is 370 g/mol. The van der Waals surface area contributed by atoms with Crippen LogP contribution in [0.25, 0.3) is 0 Å². The van der Waals surface area contributed by atoms with Crippen molar-refractivity contribution in [2.24, 2.45) is 5.92 Å². The van der Waals surface area contributed by atoms with Crippen molar-refractivity contribution in [3.8, 4) is 0 Å². The molecule has 20 heavy (non-hydrogen) atoms. The average molecular weight is 384 g/mol. The Morgan fingerprint density at radius 1 is 1.60 bits per heavy atom. The zero-order chi connectivity index (χ0) is 15.1. The summed E-state index contributed by atoms with van der Waals surface area (Å²) in [6.45, 7) is 1.98. The van der Waals surface area contributed by atoms with Gasteiger partial charge in [-0.2, -0.15) is 4.31 Å². The van der Waals surface area contributed by atoms with Crippen LogP contribution < -0.4 is 0 Å². The summed E-state index contributed by atoms with van der Waals surface area (Å²) in [7, 11) is -3.80. The van der Waals surface area contributed by atoms with Gasteiger partial charge in [0.25, 0.3) is 0 Å². The fourth-order valence-corrected chi connectivity index (χ4v) is 6.38. The second kappa shape index (κ2) is 5.72. The van der Waals surface area contributed by atoms with Crippen molar-refractivity contribution in [3.63, 3.8) is 0 Å². The lowest BCUT2D eigenvalue weighted by atomic mass is 10.0. The molecule has 2 heterocycles. The smallest absolute Gasteiger partial charge is 0.345 e. The standard InChI is InChI=1S/C11H14BrNO5S2/c1-6-2-3-13(7(6)5-14)20(17,18)9-4-8(11(15)16)19-10(9)12/h4,6-7,14H,2-3,5H2,1H3,(H,15,16). The summed E-state index contributed by atoms with van der Waals surface area (Å²) >= 11 is 3.98. The number of nitrogens with zero attached hydrogens (tertiary/aromatic N) is 1. The molecule has 2 N–H and O–H groups in total. The molecule has 0 aromatic carbocycles. The normalized spacial score (nSPS) is 24.1. The number of thiophene rings is 1. The van der Waals surface area contributed by atoms with Gasteiger partial charge in [0.05, 0.1) is 16.4 Å². The molecule has 0 amide bonds. The van der Waals surface area contributed by atoms with Crippen LogP contribution in [0.4, 0.5) is 0 Å². The largest absolute Gasteiger partial charge is 0.477 e. The van der Waals surface area contributed by atoms with E-state index in [1.54, 1.807) is 0 Å². The van der Waals surface area contributed by atoms with Crippen molar-refractivity contribution in [1.29, 1.82) is 0 Å². The third kappa shape index (κ3) is 2.64. The molecule has 0 radical (unpaired) electrons. The predicted octanol–water partition coefficient (Wildman–Crippen LogP) is 1.60. The number of halogens is 1. The highest BCUT2D eigenvalue weighted by atomic mass is 79.9. The number of carbonyl (C=O) groups is 1. The molecule has 9 heteroatoms. The first-order valence-electron chi connectivity index (χ1n) is 5.94. The molecule has 0 spiro atoms. The summed E-state index contributed by atoms with van der Waals surface area (Å²) in [5.74, 6) is -1.09. The van der Waals surface area contributed by atoms with Crippen LogP contribution in [0.1, 0.15) is 23.0 Å². The summed E-state index contributed by atoms with van der Waals surface area (Å²) < 4.78 is 26.7. The monoisotopic (exact) mass is 383 g/mol. The molecule has 1 saturated heterocycles. The van der Waals surface area contributed by atoms with Gasteiger partial charge in [-0.3, -0.25) is 0 Å². The second-order valence-corrected chi connectivity index (χ2v) is 8.91. The first-order chi connectivity index (χ1) is 9.28. The van der Waals surface area contributed by atoms with Crippen LogP contribution in [-0.4, -0.2) is 48.1 Å². The third-order valence-corrected chi connectivity index (χ3v) is 7.64. The van der Waals surface area contributed by atoms with Crippen molar-refractivity contribution in [2.75, 3.05) is 13.2 Å². The number of aromatic carboxylic acids is 1. The van der Waals surface area contributed by atoms with E-state index in [1.165, 1.54) is 4.31 Å². The number of aliphatic hydroxyl groups is 1. The molecule has 1 aromatic rings. The van der Waals surface area contributed by atoms with Gasteiger partial charge in [-0.15, -0.1) is 11.3 Å². The Balaban J connectivity index is 2.43. The maximum absolute atomic E-state index is 12.6. The third-order valence-electron chi connectivity index (χ3n) is 3.47. The van der Waals surface area contributed by atoms with Crippen molar-refractivity contribution in [1.82, 2.24) is 4.31 Å². The highest BCUT2D eigenvalue weighted by Gasteiger charge is 2.40. The minimum absolute atomic E-state index is 0.0387. The maximum atomic E-state index is 12.6. The number of rotatable bonds is 4. The van der Waals surface area contributed by atoms with Gasteiger partial charge in [0.15, 0.2) is 0 Å². The first kappa shape index (κ1) is 15.9. The molecule has 2 rings (SSSR count). The Bertz CT molecular complexity index is 627. The van der Waals surface area contributed by atoms with Gasteiger partial charge >= 0.3 is 5.97 Å². The highest BCUT2D eigenvalue weighted by Crippen LogP contribution is 2.37. The zero-order valence-electron chi connectivity index (χ0n) is 10.6. The second-order valence-electron chi connectivity index (χ2n) is 4.69. The van der Waals surface area contributed by atoms with Gasteiger partial charge in [-0.25, -0.2) is 13.2 Å². The molecule has 2 unspecified atom stereocenters. The minimum atomic E-state index is -3.80. The van der Waals surface area contributed by atoms with E-state index in [2.05, 4.69) is 15.9 Å². The van der Waals surface area contributed by atoms with Gasteiger partial charge < -0.3 is 10.2 Å². The van der Waals surface area contributed by atoms with Crippen molar-refractivity contribution < 1.29 is 23.4 Å². The number of hydrogen-bond acceptors (Lipinski definition) is 5. The summed E-state index contributed by atoms with van der Waals surface area (Å²) in [6, 6.07) is 0.698. The summed E-state index contributed by atoms with van der Waals surface area (Å²) in [6.07, 6.45) is 0.679. The van der Waals surface area contributed by atoms with Crippen LogP contribution in [0, 0.1) is 5.92 Å². The Kier molecular flexibility index (Phi) is 4.55. The summed E-state index contributed by atoms with van der Waals surface area (Å²) in [4.78, 5) is 10.8. The van der Waals surface area contributed by atoms with Crippen LogP contribution >= 0.6 is 27.3 Å². The minimum Gasteiger partial charge on any atom is -0.477 e. The molecule has 1 aromatic heterocycles. The van der Waals surface area contributed by atoms with Gasteiger partial charge in [0.1, 0.15) is 9.77 Å². The van der Waals surface area contributed by atoms with Crippen LogP contribution in [0.15, 0.2) is 14.7 Å². The Hall–Kier alpha value is -0.480. The lowest BCUT2D eigenvalue weighted by molar-refractivity contribution is 0.0702. The first-order valence-corrected chi connectivity index (χ1v) is 8.99. The van der Waals surface area contributed by atoms with Crippen molar-refractivity contribution >= 4 is 43.3 Å².